The van der Waals surface area contributed by atoms with Gasteiger partial charge in [-0.1, -0.05) is 23.8 Å². The van der Waals surface area contributed by atoms with Crippen LogP contribution in [-0.2, 0) is 14.8 Å². The Bertz CT molecular complexity index is 899. The van der Waals surface area contributed by atoms with Crippen molar-refractivity contribution in [3.63, 3.8) is 0 Å². The number of amides is 1. The molecular weight excluding hydrogens is 396 g/mol. The maximum Gasteiger partial charge on any atom is 0.241 e. The number of sulfonamides is 1. The molecule has 152 valence electrons. The second-order valence-electron chi connectivity index (χ2n) is 6.56. The largest absolute Gasteiger partial charge is 0.491 e. The molecule has 0 aliphatic rings. The molecule has 6 nitrogen and oxygen atoms in total. The fourth-order valence-corrected chi connectivity index (χ4v) is 3.82. The van der Waals surface area contributed by atoms with Crippen molar-refractivity contribution in [1.29, 1.82) is 0 Å². The molecule has 1 atom stereocenters. The Balaban J connectivity index is 1.98. The van der Waals surface area contributed by atoms with E-state index < -0.39 is 10.0 Å². The van der Waals surface area contributed by atoms with Gasteiger partial charge in [-0.05, 0) is 50.4 Å². The Hall–Kier alpha value is -2.19. The summed E-state index contributed by atoms with van der Waals surface area (Å²) < 4.78 is 31.2. The third-order valence-corrected chi connectivity index (χ3v) is 5.82. The lowest BCUT2D eigenvalue weighted by Crippen LogP contribution is -2.44. The maximum atomic E-state index is 12.4. The molecule has 0 saturated heterocycles. The maximum absolute atomic E-state index is 12.4. The summed E-state index contributed by atoms with van der Waals surface area (Å²) in [5.41, 5.74) is 1.60. The quantitative estimate of drug-likeness (QED) is 0.629. The van der Waals surface area contributed by atoms with E-state index in [4.69, 9.17) is 4.74 Å². The fraction of sp³-hybridized carbons (Fsp3) is 0.350. The number of thioether (sulfide) groups is 1. The smallest absolute Gasteiger partial charge is 0.241 e. The minimum absolute atomic E-state index is 0.271. The van der Waals surface area contributed by atoms with E-state index >= 15 is 0 Å². The predicted octanol–water partition coefficient (Wildman–Crippen LogP) is 3.07. The molecule has 1 amide bonds. The fourth-order valence-electron chi connectivity index (χ4n) is 2.51. The Labute approximate surface area is 171 Å². The molecule has 2 rings (SSSR count). The van der Waals surface area contributed by atoms with Crippen LogP contribution in [0, 0.1) is 6.92 Å². The molecule has 0 aliphatic heterocycles. The molecule has 2 aromatic carbocycles. The zero-order chi connectivity index (χ0) is 20.7. The normalized spacial score (nSPS) is 12.3. The number of ether oxygens (including phenoxy) is 1. The van der Waals surface area contributed by atoms with Crippen molar-refractivity contribution < 1.29 is 17.9 Å². The molecule has 0 aromatic heterocycles. The summed E-state index contributed by atoms with van der Waals surface area (Å²) in [6.45, 7) is 3.81. The molecule has 1 N–H and O–H groups in total. The number of carbonyl (C=O) groups is 1. The Morgan fingerprint density at radius 3 is 2.50 bits per heavy atom. The standard InChI is InChI=1S/C20H26N2O4S2/c1-15-8-10-18(11-9-15)26-14-16(2)21-20(23)13-22(28(4,24)25)17-6-5-7-19(12-17)27-3/h5-12,16H,13-14H2,1-4H3,(H,21,23)/t16-/m0/s1. The van der Waals surface area contributed by atoms with E-state index in [-0.39, 0.29) is 25.1 Å². The zero-order valence-electron chi connectivity index (χ0n) is 16.5. The van der Waals surface area contributed by atoms with Crippen LogP contribution in [0.3, 0.4) is 0 Å². The van der Waals surface area contributed by atoms with Gasteiger partial charge in [-0.25, -0.2) is 8.42 Å². The number of hydrogen-bond donors (Lipinski definition) is 1. The summed E-state index contributed by atoms with van der Waals surface area (Å²) in [5, 5.41) is 2.79. The van der Waals surface area contributed by atoms with Crippen LogP contribution in [0.4, 0.5) is 5.69 Å². The number of rotatable bonds is 9. The van der Waals surface area contributed by atoms with Gasteiger partial charge in [0.15, 0.2) is 0 Å². The number of nitrogens with zero attached hydrogens (tertiary/aromatic N) is 1. The van der Waals surface area contributed by atoms with Crippen molar-refractivity contribution >= 4 is 33.4 Å². The van der Waals surface area contributed by atoms with Gasteiger partial charge >= 0.3 is 0 Å². The van der Waals surface area contributed by atoms with Gasteiger partial charge in [0.1, 0.15) is 18.9 Å². The van der Waals surface area contributed by atoms with E-state index in [1.807, 2.05) is 50.4 Å². The Morgan fingerprint density at radius 1 is 1.21 bits per heavy atom. The molecule has 0 aliphatic carbocycles. The van der Waals surface area contributed by atoms with Crippen LogP contribution >= 0.6 is 11.8 Å². The molecule has 0 radical (unpaired) electrons. The topological polar surface area (TPSA) is 75.7 Å². The van der Waals surface area contributed by atoms with E-state index in [1.165, 1.54) is 11.8 Å². The SMILES string of the molecule is CSc1cccc(N(CC(=O)N[C@@H](C)COc2ccc(C)cc2)S(C)(=O)=O)c1. The number of anilines is 1. The second kappa shape index (κ2) is 9.84. The molecule has 0 saturated carbocycles. The monoisotopic (exact) mass is 422 g/mol. The van der Waals surface area contributed by atoms with Gasteiger partial charge in [0.25, 0.3) is 0 Å². The molecule has 0 fully saturated rings. The van der Waals surface area contributed by atoms with Crippen molar-refractivity contribution in [3.05, 3.63) is 54.1 Å². The highest BCUT2D eigenvalue weighted by molar-refractivity contribution is 7.98. The van der Waals surface area contributed by atoms with Crippen LogP contribution in [0.5, 0.6) is 5.75 Å². The molecule has 0 unspecified atom stereocenters. The first-order chi connectivity index (χ1) is 13.2. The molecule has 0 heterocycles. The molecule has 28 heavy (non-hydrogen) atoms. The van der Waals surface area contributed by atoms with E-state index in [2.05, 4.69) is 5.32 Å². The van der Waals surface area contributed by atoms with Crippen LogP contribution < -0.4 is 14.4 Å². The van der Waals surface area contributed by atoms with Crippen LogP contribution in [-0.4, -0.2) is 46.0 Å². The second-order valence-corrected chi connectivity index (χ2v) is 9.35. The number of aryl methyl sites for hydroxylation is 1. The van der Waals surface area contributed by atoms with Crippen LogP contribution in [0.2, 0.25) is 0 Å². The lowest BCUT2D eigenvalue weighted by molar-refractivity contribution is -0.120. The van der Waals surface area contributed by atoms with Crippen LogP contribution in [0.1, 0.15) is 12.5 Å². The van der Waals surface area contributed by atoms with Gasteiger partial charge in [0.2, 0.25) is 15.9 Å². The number of benzene rings is 2. The summed E-state index contributed by atoms with van der Waals surface area (Å²) in [6, 6.07) is 14.5. The van der Waals surface area contributed by atoms with Gasteiger partial charge in [0, 0.05) is 4.90 Å². The van der Waals surface area contributed by atoms with Crippen LogP contribution in [0.25, 0.3) is 0 Å². The van der Waals surface area contributed by atoms with Gasteiger partial charge in [-0.2, -0.15) is 0 Å². The summed E-state index contributed by atoms with van der Waals surface area (Å²) in [4.78, 5) is 13.3. The lowest BCUT2D eigenvalue weighted by atomic mass is 10.2. The molecular formula is C20H26N2O4S2. The predicted molar refractivity (Wildman–Crippen MR) is 115 cm³/mol. The summed E-state index contributed by atoms with van der Waals surface area (Å²) in [5.74, 6) is 0.332. The van der Waals surface area contributed by atoms with Gasteiger partial charge in [-0.3, -0.25) is 9.10 Å². The van der Waals surface area contributed by atoms with Crippen molar-refractivity contribution in [3.8, 4) is 5.75 Å². The zero-order valence-corrected chi connectivity index (χ0v) is 18.1. The van der Waals surface area contributed by atoms with E-state index in [0.29, 0.717) is 5.69 Å². The lowest BCUT2D eigenvalue weighted by Gasteiger charge is -2.23. The first-order valence-electron chi connectivity index (χ1n) is 8.79. The summed E-state index contributed by atoms with van der Waals surface area (Å²) in [7, 11) is -3.60. The number of carbonyl (C=O) groups excluding carboxylic acids is 1. The molecule has 2 aromatic rings. The van der Waals surface area contributed by atoms with Gasteiger partial charge < -0.3 is 10.1 Å². The number of nitrogens with one attached hydrogen (secondary N) is 1. The van der Waals surface area contributed by atoms with Crippen molar-refractivity contribution in [1.82, 2.24) is 5.32 Å². The summed E-state index contributed by atoms with van der Waals surface area (Å²) >= 11 is 1.51. The van der Waals surface area contributed by atoms with E-state index in [1.54, 1.807) is 18.2 Å². The minimum Gasteiger partial charge on any atom is -0.491 e. The molecule has 0 bridgehead atoms. The third-order valence-electron chi connectivity index (χ3n) is 3.96. The Kier molecular flexibility index (Phi) is 7.77. The highest BCUT2D eigenvalue weighted by atomic mass is 32.2. The van der Waals surface area contributed by atoms with Crippen molar-refractivity contribution in [2.75, 3.05) is 30.0 Å². The highest BCUT2D eigenvalue weighted by Crippen LogP contribution is 2.23. The van der Waals surface area contributed by atoms with E-state index in [9.17, 15) is 13.2 Å². The summed E-state index contributed by atoms with van der Waals surface area (Å²) in [6.07, 6.45) is 3.00. The first kappa shape index (κ1) is 22.1. The first-order valence-corrected chi connectivity index (χ1v) is 11.9. The molecule has 0 spiro atoms. The Morgan fingerprint density at radius 2 is 1.89 bits per heavy atom. The van der Waals surface area contributed by atoms with Gasteiger partial charge in [-0.15, -0.1) is 11.8 Å². The average molecular weight is 423 g/mol. The van der Waals surface area contributed by atoms with Crippen LogP contribution in [0.15, 0.2) is 53.4 Å². The van der Waals surface area contributed by atoms with Crippen molar-refractivity contribution in [2.24, 2.45) is 0 Å². The third kappa shape index (κ3) is 6.76. The minimum atomic E-state index is -3.60. The van der Waals surface area contributed by atoms with E-state index in [0.717, 1.165) is 26.8 Å². The van der Waals surface area contributed by atoms with Crippen molar-refractivity contribution in [2.45, 2.75) is 24.8 Å². The highest BCUT2D eigenvalue weighted by Gasteiger charge is 2.22. The molecule has 8 heteroatoms. The van der Waals surface area contributed by atoms with Gasteiger partial charge in [0.05, 0.1) is 18.0 Å². The average Bonchev–Trinajstić information content (AvgIpc) is 2.65. The number of hydrogen-bond acceptors (Lipinski definition) is 5.